The molecule has 3 heteroatoms. The highest BCUT2D eigenvalue weighted by Gasteiger charge is 2.16. The van der Waals surface area contributed by atoms with E-state index in [9.17, 15) is 4.79 Å². The van der Waals surface area contributed by atoms with E-state index in [4.69, 9.17) is 0 Å². The molecule has 1 aromatic carbocycles. The molecule has 0 aliphatic heterocycles. The van der Waals surface area contributed by atoms with Gasteiger partial charge in [-0.25, -0.2) is 0 Å². The van der Waals surface area contributed by atoms with Gasteiger partial charge in [-0.05, 0) is 56.9 Å². The van der Waals surface area contributed by atoms with Crippen molar-refractivity contribution < 1.29 is 4.79 Å². The van der Waals surface area contributed by atoms with Crippen molar-refractivity contribution in [3.8, 4) is 0 Å². The summed E-state index contributed by atoms with van der Waals surface area (Å²) in [7, 11) is 0. The van der Waals surface area contributed by atoms with Crippen LogP contribution in [0.15, 0.2) is 18.2 Å². The second-order valence-corrected chi connectivity index (χ2v) is 5.68. The van der Waals surface area contributed by atoms with Crippen LogP contribution in [0.25, 0.3) is 0 Å². The summed E-state index contributed by atoms with van der Waals surface area (Å²) >= 11 is 0. The molecule has 1 heterocycles. The van der Waals surface area contributed by atoms with E-state index < -0.39 is 0 Å². The maximum atomic E-state index is 12.7. The molecule has 0 N–H and O–H groups in total. The molecule has 21 heavy (non-hydrogen) atoms. The Balaban J connectivity index is 2.37. The number of carbonyl (C=O) groups excluding carboxylic acids is 1. The first kappa shape index (κ1) is 15.4. The van der Waals surface area contributed by atoms with Gasteiger partial charge in [0.2, 0.25) is 0 Å². The summed E-state index contributed by atoms with van der Waals surface area (Å²) in [5.74, 6) is 0.125. The zero-order valence-electron chi connectivity index (χ0n) is 13.4. The van der Waals surface area contributed by atoms with Gasteiger partial charge in [-0.15, -0.1) is 0 Å². The Morgan fingerprint density at radius 3 is 2.19 bits per heavy atom. The molecule has 0 atom stereocenters. The van der Waals surface area contributed by atoms with Crippen molar-refractivity contribution in [1.29, 1.82) is 0 Å². The van der Waals surface area contributed by atoms with Crippen molar-refractivity contribution in [3.05, 3.63) is 57.4 Å². The molecular weight excluding hydrogens is 260 g/mol. The van der Waals surface area contributed by atoms with Gasteiger partial charge in [-0.2, -0.15) is 10.2 Å². The van der Waals surface area contributed by atoms with E-state index in [-0.39, 0.29) is 5.78 Å². The molecule has 1 aromatic heterocycles. The third-order valence-electron chi connectivity index (χ3n) is 3.81. The second kappa shape index (κ2) is 6.17. The minimum absolute atomic E-state index is 0.125. The van der Waals surface area contributed by atoms with Gasteiger partial charge < -0.3 is 0 Å². The first-order valence-corrected chi connectivity index (χ1v) is 7.35. The third-order valence-corrected chi connectivity index (χ3v) is 3.81. The van der Waals surface area contributed by atoms with Crippen LogP contribution < -0.4 is 0 Å². The Kier molecular flexibility index (Phi) is 4.51. The molecule has 0 spiro atoms. The molecule has 0 radical (unpaired) electrons. The summed E-state index contributed by atoms with van der Waals surface area (Å²) < 4.78 is 0. The molecule has 0 unspecified atom stereocenters. The van der Waals surface area contributed by atoms with E-state index in [2.05, 4.69) is 43.1 Å². The van der Waals surface area contributed by atoms with Gasteiger partial charge in [-0.1, -0.05) is 24.6 Å². The van der Waals surface area contributed by atoms with Crippen LogP contribution >= 0.6 is 0 Å². The molecule has 3 nitrogen and oxygen atoms in total. The van der Waals surface area contributed by atoms with Gasteiger partial charge in [0.1, 0.15) is 0 Å². The maximum absolute atomic E-state index is 12.7. The Morgan fingerprint density at radius 2 is 1.62 bits per heavy atom. The maximum Gasteiger partial charge on any atom is 0.169 e. The molecule has 0 amide bonds. The molecule has 0 saturated heterocycles. The van der Waals surface area contributed by atoms with Crippen molar-refractivity contribution in [2.45, 2.75) is 47.5 Å². The summed E-state index contributed by atoms with van der Waals surface area (Å²) in [6.45, 7) is 10.1. The van der Waals surface area contributed by atoms with Crippen LogP contribution in [0, 0.1) is 27.7 Å². The number of aryl methyl sites for hydroxylation is 5. The fraction of sp³-hybridized carbons (Fsp3) is 0.389. The van der Waals surface area contributed by atoms with Crippen LogP contribution in [0.2, 0.25) is 0 Å². The minimum Gasteiger partial charge on any atom is -0.294 e. The topological polar surface area (TPSA) is 42.9 Å². The highest BCUT2D eigenvalue weighted by molar-refractivity contribution is 5.98. The number of rotatable bonds is 4. The molecule has 0 aliphatic carbocycles. The lowest BCUT2D eigenvalue weighted by molar-refractivity contribution is 0.0991. The number of hydrogen-bond donors (Lipinski definition) is 0. The second-order valence-electron chi connectivity index (χ2n) is 5.68. The standard InChI is InChI=1S/C18H22N2O/c1-6-17-16(9-14(5)19-20-17)18(21)10-15-12(3)7-11(2)8-13(15)4/h7-9H,6,10H2,1-5H3. The smallest absolute Gasteiger partial charge is 0.169 e. The zero-order chi connectivity index (χ0) is 15.6. The average molecular weight is 282 g/mol. The monoisotopic (exact) mass is 282 g/mol. The van der Waals surface area contributed by atoms with Crippen molar-refractivity contribution in [2.75, 3.05) is 0 Å². The summed E-state index contributed by atoms with van der Waals surface area (Å²) in [6.07, 6.45) is 1.15. The van der Waals surface area contributed by atoms with Gasteiger partial charge in [-0.3, -0.25) is 4.79 Å². The van der Waals surface area contributed by atoms with Crippen LogP contribution in [-0.2, 0) is 12.8 Å². The molecule has 2 aromatic rings. The van der Waals surface area contributed by atoms with E-state index in [0.717, 1.165) is 23.4 Å². The van der Waals surface area contributed by atoms with Crippen molar-refractivity contribution >= 4 is 5.78 Å². The van der Waals surface area contributed by atoms with E-state index in [1.807, 2.05) is 19.9 Å². The molecule has 0 fully saturated rings. The van der Waals surface area contributed by atoms with Gasteiger partial charge in [0.15, 0.2) is 5.78 Å². The van der Waals surface area contributed by atoms with Gasteiger partial charge in [0.25, 0.3) is 0 Å². The fourth-order valence-electron chi connectivity index (χ4n) is 2.76. The molecule has 0 saturated carbocycles. The average Bonchev–Trinajstić information content (AvgIpc) is 2.42. The van der Waals surface area contributed by atoms with Gasteiger partial charge >= 0.3 is 0 Å². The first-order valence-electron chi connectivity index (χ1n) is 7.35. The van der Waals surface area contributed by atoms with E-state index in [1.165, 1.54) is 16.7 Å². The fourth-order valence-corrected chi connectivity index (χ4v) is 2.76. The number of hydrogen-bond acceptors (Lipinski definition) is 3. The SMILES string of the molecule is CCc1nnc(C)cc1C(=O)Cc1c(C)cc(C)cc1C. The lowest BCUT2D eigenvalue weighted by atomic mass is 9.93. The highest BCUT2D eigenvalue weighted by atomic mass is 16.1. The normalized spacial score (nSPS) is 10.7. The number of benzene rings is 1. The van der Waals surface area contributed by atoms with Crippen molar-refractivity contribution in [3.63, 3.8) is 0 Å². The number of ketones is 1. The first-order chi connectivity index (χ1) is 9.92. The lowest BCUT2D eigenvalue weighted by Gasteiger charge is -2.12. The Labute approximate surface area is 126 Å². The summed E-state index contributed by atoms with van der Waals surface area (Å²) in [5, 5.41) is 8.19. The number of aromatic nitrogens is 2. The van der Waals surface area contributed by atoms with Crippen LogP contribution in [0.4, 0.5) is 0 Å². The molecule has 0 aliphatic rings. The summed E-state index contributed by atoms with van der Waals surface area (Å²) in [4.78, 5) is 12.7. The van der Waals surface area contributed by atoms with Crippen LogP contribution in [0.5, 0.6) is 0 Å². The summed E-state index contributed by atoms with van der Waals surface area (Å²) in [5.41, 5.74) is 7.00. The number of Topliss-reactive ketones (excluding diaryl/α,β-unsaturated/α-hetero) is 1. The highest BCUT2D eigenvalue weighted by Crippen LogP contribution is 2.19. The largest absolute Gasteiger partial charge is 0.294 e. The summed E-state index contributed by atoms with van der Waals surface area (Å²) in [6, 6.07) is 6.12. The molecule has 0 bridgehead atoms. The van der Waals surface area contributed by atoms with Crippen molar-refractivity contribution in [2.24, 2.45) is 0 Å². The van der Waals surface area contributed by atoms with Crippen LogP contribution in [0.3, 0.4) is 0 Å². The van der Waals surface area contributed by atoms with Gasteiger partial charge in [0.05, 0.1) is 11.4 Å². The Bertz CT molecular complexity index is 667. The van der Waals surface area contributed by atoms with E-state index in [1.54, 1.807) is 0 Å². The quantitative estimate of drug-likeness (QED) is 0.803. The Hall–Kier alpha value is -2.03. The Morgan fingerprint density at radius 1 is 1.00 bits per heavy atom. The van der Waals surface area contributed by atoms with E-state index >= 15 is 0 Å². The minimum atomic E-state index is 0.125. The number of carbonyl (C=O) groups is 1. The lowest BCUT2D eigenvalue weighted by Crippen LogP contribution is -2.12. The predicted octanol–water partition coefficient (Wildman–Crippen LogP) is 3.70. The zero-order valence-corrected chi connectivity index (χ0v) is 13.4. The van der Waals surface area contributed by atoms with Gasteiger partial charge in [0, 0.05) is 12.0 Å². The number of nitrogens with zero attached hydrogens (tertiary/aromatic N) is 2. The predicted molar refractivity (Wildman–Crippen MR) is 84.8 cm³/mol. The van der Waals surface area contributed by atoms with Crippen LogP contribution in [-0.4, -0.2) is 16.0 Å². The third kappa shape index (κ3) is 3.35. The molecule has 110 valence electrons. The van der Waals surface area contributed by atoms with Crippen molar-refractivity contribution in [1.82, 2.24) is 10.2 Å². The van der Waals surface area contributed by atoms with E-state index in [0.29, 0.717) is 12.0 Å². The molecular formula is C18H22N2O. The van der Waals surface area contributed by atoms with Crippen LogP contribution in [0.1, 0.15) is 50.9 Å². The molecule has 2 rings (SSSR count).